The molecule has 0 saturated heterocycles. The zero-order chi connectivity index (χ0) is 21.5. The van der Waals surface area contributed by atoms with Crippen LogP contribution in [0.25, 0.3) is 11.5 Å². The van der Waals surface area contributed by atoms with E-state index in [1.54, 1.807) is 18.3 Å². The molecule has 0 bridgehead atoms. The van der Waals surface area contributed by atoms with E-state index in [1.165, 1.54) is 11.8 Å². The molecule has 0 saturated carbocycles. The van der Waals surface area contributed by atoms with E-state index in [1.807, 2.05) is 54.6 Å². The fourth-order valence-electron chi connectivity index (χ4n) is 2.68. The summed E-state index contributed by atoms with van der Waals surface area (Å²) >= 11 is 7.34. The summed E-state index contributed by atoms with van der Waals surface area (Å²) in [5, 5.41) is 14.8. The summed E-state index contributed by atoms with van der Waals surface area (Å²) in [5.41, 5.74) is 2.78. The zero-order valence-corrected chi connectivity index (χ0v) is 17.9. The predicted molar refractivity (Wildman–Crippen MR) is 121 cm³/mol. The molecule has 4 rings (SSSR count). The van der Waals surface area contributed by atoms with Crippen LogP contribution in [0.1, 0.15) is 11.1 Å². The lowest BCUT2D eigenvalue weighted by Crippen LogP contribution is -2.28. The Bertz CT molecular complexity index is 1150. The first kappa shape index (κ1) is 20.9. The van der Waals surface area contributed by atoms with Crippen molar-refractivity contribution in [1.82, 2.24) is 20.5 Å². The lowest BCUT2D eigenvalue weighted by Gasteiger charge is -2.07. The Morgan fingerprint density at radius 1 is 1.00 bits per heavy atom. The van der Waals surface area contributed by atoms with Crippen LogP contribution in [-0.4, -0.2) is 21.2 Å². The summed E-state index contributed by atoms with van der Waals surface area (Å²) in [6, 6.07) is 20.3. The molecule has 2 heterocycles. The van der Waals surface area contributed by atoms with Crippen LogP contribution in [0.2, 0.25) is 5.02 Å². The minimum Gasteiger partial charge on any atom is -0.411 e. The number of pyridine rings is 1. The maximum absolute atomic E-state index is 12.2. The van der Waals surface area contributed by atoms with Gasteiger partial charge in [0.1, 0.15) is 5.82 Å². The Morgan fingerprint density at radius 3 is 2.61 bits per heavy atom. The average Bonchev–Trinajstić information content (AvgIpc) is 3.27. The Kier molecular flexibility index (Phi) is 6.81. The number of carbonyl (C=O) groups is 1. The number of anilines is 1. The molecule has 7 nitrogen and oxygen atoms in total. The molecule has 0 aliphatic heterocycles. The van der Waals surface area contributed by atoms with Gasteiger partial charge < -0.3 is 9.73 Å². The minimum absolute atomic E-state index is 0.349. The molecule has 0 aliphatic rings. The van der Waals surface area contributed by atoms with Crippen LogP contribution < -0.4 is 10.6 Å². The number of benzene rings is 2. The van der Waals surface area contributed by atoms with Gasteiger partial charge in [0.25, 0.3) is 5.22 Å². The van der Waals surface area contributed by atoms with E-state index in [2.05, 4.69) is 25.8 Å². The van der Waals surface area contributed by atoms with Crippen molar-refractivity contribution in [3.8, 4) is 11.5 Å². The van der Waals surface area contributed by atoms with Crippen molar-refractivity contribution in [2.24, 2.45) is 0 Å². The van der Waals surface area contributed by atoms with Crippen molar-refractivity contribution in [2.45, 2.75) is 17.5 Å². The topological polar surface area (TPSA) is 92.9 Å². The monoisotopic (exact) mass is 451 g/mol. The quantitative estimate of drug-likeness (QED) is 0.365. The van der Waals surface area contributed by atoms with Crippen LogP contribution in [0.5, 0.6) is 0 Å². The van der Waals surface area contributed by atoms with Crippen LogP contribution in [0.3, 0.4) is 0 Å². The van der Waals surface area contributed by atoms with Crippen molar-refractivity contribution in [3.05, 3.63) is 89.1 Å². The number of rotatable bonds is 7. The van der Waals surface area contributed by atoms with E-state index in [0.29, 0.717) is 39.8 Å². The minimum atomic E-state index is -0.349. The number of aromatic nitrogens is 3. The number of urea groups is 1. The highest BCUT2D eigenvalue weighted by Crippen LogP contribution is 2.26. The Labute approximate surface area is 188 Å². The van der Waals surface area contributed by atoms with Crippen molar-refractivity contribution in [2.75, 3.05) is 5.32 Å². The van der Waals surface area contributed by atoms with Crippen molar-refractivity contribution < 1.29 is 9.21 Å². The van der Waals surface area contributed by atoms with Gasteiger partial charge in [-0.25, -0.2) is 9.78 Å². The molecule has 0 unspecified atom stereocenters. The molecule has 4 aromatic rings. The van der Waals surface area contributed by atoms with E-state index < -0.39 is 0 Å². The first-order valence-corrected chi connectivity index (χ1v) is 10.8. The standard InChI is InChI=1S/C22H18ClN5O2S/c23-18-8-6-16(7-9-18)14-31-22-28-27-20(30-22)17-10-11-24-19(12-17)26-21(29)25-13-15-4-2-1-3-5-15/h1-12H,13-14H2,(H2,24,25,26,29). The summed E-state index contributed by atoms with van der Waals surface area (Å²) in [7, 11) is 0. The predicted octanol–water partition coefficient (Wildman–Crippen LogP) is 5.40. The van der Waals surface area contributed by atoms with Crippen LogP contribution in [0.4, 0.5) is 10.6 Å². The summed E-state index contributed by atoms with van der Waals surface area (Å²) in [5.74, 6) is 1.43. The molecule has 0 radical (unpaired) electrons. The van der Waals surface area contributed by atoms with E-state index in [-0.39, 0.29) is 6.03 Å². The molecule has 0 fully saturated rings. The summed E-state index contributed by atoms with van der Waals surface area (Å²) in [6.07, 6.45) is 1.58. The van der Waals surface area contributed by atoms with E-state index in [4.69, 9.17) is 16.0 Å². The Hall–Kier alpha value is -3.36. The number of hydrogen-bond acceptors (Lipinski definition) is 6. The highest BCUT2D eigenvalue weighted by molar-refractivity contribution is 7.98. The fourth-order valence-corrected chi connectivity index (χ4v) is 3.53. The lowest BCUT2D eigenvalue weighted by atomic mass is 10.2. The summed E-state index contributed by atoms with van der Waals surface area (Å²) in [4.78, 5) is 16.3. The molecule has 0 spiro atoms. The Balaban J connectivity index is 1.34. The van der Waals surface area contributed by atoms with Crippen LogP contribution in [0, 0.1) is 0 Å². The molecule has 2 amide bonds. The van der Waals surface area contributed by atoms with Gasteiger partial charge in [-0.15, -0.1) is 10.2 Å². The largest absolute Gasteiger partial charge is 0.411 e. The molecular weight excluding hydrogens is 434 g/mol. The van der Waals surface area contributed by atoms with E-state index >= 15 is 0 Å². The number of amides is 2. The molecule has 2 N–H and O–H groups in total. The SMILES string of the molecule is O=C(NCc1ccccc1)Nc1cc(-c2nnc(SCc3ccc(Cl)cc3)o2)ccn1. The van der Waals surface area contributed by atoms with Crippen LogP contribution in [0.15, 0.2) is 82.6 Å². The number of carbonyl (C=O) groups excluding carboxylic acids is 1. The molecular formula is C22H18ClN5O2S. The van der Waals surface area contributed by atoms with Gasteiger partial charge in [0.15, 0.2) is 0 Å². The molecule has 2 aromatic carbocycles. The van der Waals surface area contributed by atoms with E-state index in [0.717, 1.165) is 11.1 Å². The maximum atomic E-state index is 12.2. The highest BCUT2D eigenvalue weighted by Gasteiger charge is 2.11. The fraction of sp³-hybridized carbons (Fsp3) is 0.0909. The first-order valence-electron chi connectivity index (χ1n) is 9.42. The van der Waals surface area contributed by atoms with Gasteiger partial charge >= 0.3 is 6.03 Å². The third kappa shape index (κ3) is 6.07. The number of thioether (sulfide) groups is 1. The van der Waals surface area contributed by atoms with Crippen molar-refractivity contribution >= 4 is 35.2 Å². The third-order valence-corrected chi connectivity index (χ3v) is 5.37. The number of nitrogens with one attached hydrogen (secondary N) is 2. The normalized spacial score (nSPS) is 10.6. The van der Waals surface area contributed by atoms with Crippen molar-refractivity contribution in [1.29, 1.82) is 0 Å². The number of halogens is 1. The Morgan fingerprint density at radius 2 is 1.81 bits per heavy atom. The van der Waals surface area contributed by atoms with Gasteiger partial charge in [0.05, 0.1) is 0 Å². The molecule has 0 aliphatic carbocycles. The molecule has 0 atom stereocenters. The summed E-state index contributed by atoms with van der Waals surface area (Å²) < 4.78 is 5.74. The molecule has 31 heavy (non-hydrogen) atoms. The third-order valence-electron chi connectivity index (χ3n) is 4.23. The number of hydrogen-bond donors (Lipinski definition) is 2. The van der Waals surface area contributed by atoms with Gasteiger partial charge in [0.2, 0.25) is 5.89 Å². The van der Waals surface area contributed by atoms with Crippen LogP contribution >= 0.6 is 23.4 Å². The maximum Gasteiger partial charge on any atom is 0.320 e. The zero-order valence-electron chi connectivity index (χ0n) is 16.3. The van der Waals surface area contributed by atoms with E-state index in [9.17, 15) is 4.79 Å². The van der Waals surface area contributed by atoms with Crippen LogP contribution in [-0.2, 0) is 12.3 Å². The molecule has 2 aromatic heterocycles. The lowest BCUT2D eigenvalue weighted by molar-refractivity contribution is 0.251. The molecule has 156 valence electrons. The molecule has 9 heteroatoms. The smallest absolute Gasteiger partial charge is 0.320 e. The van der Waals surface area contributed by atoms with Gasteiger partial charge in [-0.1, -0.05) is 65.8 Å². The van der Waals surface area contributed by atoms with Gasteiger partial charge in [-0.3, -0.25) is 5.32 Å². The number of nitrogens with zero attached hydrogens (tertiary/aromatic N) is 3. The first-order chi connectivity index (χ1) is 15.2. The van der Waals surface area contributed by atoms with Gasteiger partial charge in [0, 0.05) is 29.1 Å². The van der Waals surface area contributed by atoms with Crippen molar-refractivity contribution in [3.63, 3.8) is 0 Å². The highest BCUT2D eigenvalue weighted by atomic mass is 35.5. The second-order valence-electron chi connectivity index (χ2n) is 6.51. The summed E-state index contributed by atoms with van der Waals surface area (Å²) in [6.45, 7) is 0.421. The second-order valence-corrected chi connectivity index (χ2v) is 7.87. The second kappa shape index (κ2) is 10.1. The average molecular weight is 452 g/mol. The van der Waals surface area contributed by atoms with Gasteiger partial charge in [-0.05, 0) is 35.4 Å². The van der Waals surface area contributed by atoms with Gasteiger partial charge in [-0.2, -0.15) is 0 Å².